The van der Waals surface area contributed by atoms with Crippen LogP contribution in [-0.4, -0.2) is 0 Å². The van der Waals surface area contributed by atoms with E-state index in [0.29, 0.717) is 0 Å². The topological polar surface area (TPSA) is 33.7 Å². The number of hydrogen-bond donors (Lipinski definition) is 1. The lowest BCUT2D eigenvalue weighted by molar-refractivity contribution is 0.475. The summed E-state index contributed by atoms with van der Waals surface area (Å²) in [5, 5.41) is 3.44. The molecule has 0 aromatic heterocycles. The minimum atomic E-state index is 0.803. The summed E-state index contributed by atoms with van der Waals surface area (Å²) in [7, 11) is 0. The van der Waals surface area contributed by atoms with Gasteiger partial charge in [-0.3, -0.25) is 0 Å². The van der Waals surface area contributed by atoms with Crippen molar-refractivity contribution in [2.45, 2.75) is 0 Å². The van der Waals surface area contributed by atoms with Gasteiger partial charge < -0.3 is 19.7 Å². The lowest BCUT2D eigenvalue weighted by Crippen LogP contribution is -2.16. The summed E-state index contributed by atoms with van der Waals surface area (Å²) in [5.74, 6) is 3.30. The summed E-state index contributed by atoms with van der Waals surface area (Å²) in [6, 6.07) is 30.3. The molecule has 1 N–H and O–H groups in total. The van der Waals surface area contributed by atoms with Crippen LogP contribution in [0.15, 0.2) is 91.0 Å². The van der Waals surface area contributed by atoms with Crippen molar-refractivity contribution >= 4 is 28.4 Å². The fourth-order valence-electron chi connectivity index (χ4n) is 3.74. The van der Waals surface area contributed by atoms with E-state index in [1.54, 1.807) is 0 Å². The first kappa shape index (κ1) is 15.2. The number of para-hydroxylation sites is 6. The summed E-state index contributed by atoms with van der Waals surface area (Å²) in [6.07, 6.45) is 0. The second-order valence-electron chi connectivity index (χ2n) is 6.78. The Labute approximate surface area is 162 Å². The van der Waals surface area contributed by atoms with Crippen LogP contribution < -0.4 is 19.7 Å². The molecular weight excluding hydrogens is 348 g/mol. The highest BCUT2D eigenvalue weighted by Gasteiger charge is 2.26. The minimum absolute atomic E-state index is 0.803. The maximum atomic E-state index is 6.16. The highest BCUT2D eigenvalue weighted by molar-refractivity contribution is 5.88. The molecule has 4 nitrogen and oxygen atoms in total. The smallest absolute Gasteiger partial charge is 0.153 e. The van der Waals surface area contributed by atoms with Gasteiger partial charge in [-0.15, -0.1) is 0 Å². The Morgan fingerprint density at radius 2 is 1.11 bits per heavy atom. The summed E-state index contributed by atoms with van der Waals surface area (Å²) in [5.41, 5.74) is 4.96. The van der Waals surface area contributed by atoms with Crippen molar-refractivity contribution in [2.24, 2.45) is 0 Å². The van der Waals surface area contributed by atoms with E-state index in [4.69, 9.17) is 9.47 Å². The van der Waals surface area contributed by atoms with E-state index >= 15 is 0 Å². The molecule has 4 heteroatoms. The Morgan fingerprint density at radius 1 is 0.536 bits per heavy atom. The Bertz CT molecular complexity index is 1170. The fraction of sp³-hybridized carbons (Fsp3) is 0. The molecule has 134 valence electrons. The molecule has 0 atom stereocenters. The molecule has 0 saturated carbocycles. The molecule has 2 aliphatic heterocycles. The molecule has 0 spiro atoms. The van der Waals surface area contributed by atoms with Gasteiger partial charge >= 0.3 is 0 Å². The van der Waals surface area contributed by atoms with Crippen LogP contribution in [0.5, 0.6) is 23.0 Å². The molecule has 0 fully saturated rings. The van der Waals surface area contributed by atoms with Gasteiger partial charge in [0.25, 0.3) is 0 Å². The second kappa shape index (κ2) is 5.79. The van der Waals surface area contributed by atoms with Crippen molar-refractivity contribution in [1.82, 2.24) is 0 Å². The third-order valence-corrected chi connectivity index (χ3v) is 5.03. The van der Waals surface area contributed by atoms with Crippen molar-refractivity contribution in [3.63, 3.8) is 0 Å². The molecule has 0 aliphatic carbocycles. The van der Waals surface area contributed by atoms with Crippen LogP contribution in [0.3, 0.4) is 0 Å². The Balaban J connectivity index is 1.50. The Morgan fingerprint density at radius 3 is 1.86 bits per heavy atom. The Hall–Kier alpha value is -3.92. The van der Waals surface area contributed by atoms with Gasteiger partial charge in [0.15, 0.2) is 23.0 Å². The van der Waals surface area contributed by atoms with Crippen molar-refractivity contribution in [1.29, 1.82) is 0 Å². The number of fused-ring (bicyclic) bond motifs is 4. The van der Waals surface area contributed by atoms with Gasteiger partial charge in [0.1, 0.15) is 0 Å². The first-order valence-electron chi connectivity index (χ1n) is 9.21. The van der Waals surface area contributed by atoms with E-state index in [1.807, 2.05) is 60.7 Å². The van der Waals surface area contributed by atoms with E-state index in [0.717, 1.165) is 51.4 Å². The SMILES string of the molecule is c1ccc2c(c1)Nc1ccc(N3c4ccccc4Oc4ccccc43)cc1O2. The number of rotatable bonds is 1. The van der Waals surface area contributed by atoms with Gasteiger partial charge in [-0.2, -0.15) is 0 Å². The van der Waals surface area contributed by atoms with Crippen LogP contribution in [0.1, 0.15) is 0 Å². The predicted molar refractivity (Wildman–Crippen MR) is 111 cm³/mol. The van der Waals surface area contributed by atoms with Crippen LogP contribution >= 0.6 is 0 Å². The molecule has 28 heavy (non-hydrogen) atoms. The lowest BCUT2D eigenvalue weighted by Gasteiger charge is -2.33. The van der Waals surface area contributed by atoms with E-state index in [9.17, 15) is 0 Å². The summed E-state index contributed by atoms with van der Waals surface area (Å²) in [4.78, 5) is 2.21. The molecule has 0 amide bonds. The standard InChI is InChI=1S/C24H16N2O2/c1-4-10-21-17(7-1)25-18-14-13-16(15-24(18)27-21)26-19-8-2-5-11-22(19)28-23-12-6-3-9-20(23)26/h1-15,25H. The molecule has 2 heterocycles. The van der Waals surface area contributed by atoms with Crippen LogP contribution in [-0.2, 0) is 0 Å². The number of anilines is 5. The molecule has 4 aromatic carbocycles. The summed E-state index contributed by atoms with van der Waals surface area (Å²) < 4.78 is 12.3. The molecular formula is C24H16N2O2. The van der Waals surface area contributed by atoms with E-state index in [-0.39, 0.29) is 0 Å². The zero-order chi connectivity index (χ0) is 18.5. The van der Waals surface area contributed by atoms with Crippen molar-refractivity contribution in [3.8, 4) is 23.0 Å². The fourth-order valence-corrected chi connectivity index (χ4v) is 3.74. The molecule has 0 saturated heterocycles. The number of ether oxygens (including phenoxy) is 2. The van der Waals surface area contributed by atoms with Crippen LogP contribution in [0.25, 0.3) is 0 Å². The van der Waals surface area contributed by atoms with Crippen LogP contribution in [0.4, 0.5) is 28.4 Å². The van der Waals surface area contributed by atoms with E-state index in [1.165, 1.54) is 0 Å². The Kier molecular flexibility index (Phi) is 3.14. The highest BCUT2D eigenvalue weighted by atomic mass is 16.5. The van der Waals surface area contributed by atoms with Crippen molar-refractivity contribution in [2.75, 3.05) is 10.2 Å². The van der Waals surface area contributed by atoms with Crippen molar-refractivity contribution in [3.05, 3.63) is 91.0 Å². The first-order chi connectivity index (χ1) is 13.9. The van der Waals surface area contributed by atoms with Gasteiger partial charge in [0.05, 0.1) is 28.4 Å². The number of nitrogens with one attached hydrogen (secondary N) is 1. The van der Waals surface area contributed by atoms with E-state index < -0.39 is 0 Å². The minimum Gasteiger partial charge on any atom is -0.453 e. The molecule has 4 aromatic rings. The van der Waals surface area contributed by atoms with Gasteiger partial charge in [0, 0.05) is 6.07 Å². The lowest BCUT2D eigenvalue weighted by atomic mass is 10.1. The molecule has 0 unspecified atom stereocenters. The molecule has 6 rings (SSSR count). The predicted octanol–water partition coefficient (Wildman–Crippen LogP) is 7.11. The third kappa shape index (κ3) is 2.25. The second-order valence-corrected chi connectivity index (χ2v) is 6.78. The van der Waals surface area contributed by atoms with Gasteiger partial charge in [0.2, 0.25) is 0 Å². The average Bonchev–Trinajstić information content (AvgIpc) is 2.75. The normalized spacial score (nSPS) is 13.1. The van der Waals surface area contributed by atoms with Crippen LogP contribution in [0.2, 0.25) is 0 Å². The third-order valence-electron chi connectivity index (χ3n) is 5.03. The van der Waals surface area contributed by atoms with E-state index in [2.05, 4.69) is 40.5 Å². The van der Waals surface area contributed by atoms with Crippen molar-refractivity contribution < 1.29 is 9.47 Å². The van der Waals surface area contributed by atoms with Gasteiger partial charge in [-0.1, -0.05) is 36.4 Å². The zero-order valence-electron chi connectivity index (χ0n) is 14.9. The molecule has 0 radical (unpaired) electrons. The number of benzene rings is 4. The summed E-state index contributed by atoms with van der Waals surface area (Å²) in [6.45, 7) is 0. The molecule has 0 bridgehead atoms. The van der Waals surface area contributed by atoms with Gasteiger partial charge in [-0.25, -0.2) is 0 Å². The number of nitrogens with zero attached hydrogens (tertiary/aromatic N) is 1. The highest BCUT2D eigenvalue weighted by Crippen LogP contribution is 2.52. The summed E-state index contributed by atoms with van der Waals surface area (Å²) >= 11 is 0. The zero-order valence-corrected chi connectivity index (χ0v) is 14.9. The molecule has 2 aliphatic rings. The monoisotopic (exact) mass is 364 g/mol. The largest absolute Gasteiger partial charge is 0.453 e. The maximum Gasteiger partial charge on any atom is 0.153 e. The first-order valence-corrected chi connectivity index (χ1v) is 9.21. The average molecular weight is 364 g/mol. The maximum absolute atomic E-state index is 6.16. The van der Waals surface area contributed by atoms with Crippen LogP contribution in [0, 0.1) is 0 Å². The van der Waals surface area contributed by atoms with Gasteiger partial charge in [-0.05, 0) is 48.5 Å². The number of hydrogen-bond acceptors (Lipinski definition) is 4. The quantitative estimate of drug-likeness (QED) is 0.337.